The highest BCUT2D eigenvalue weighted by molar-refractivity contribution is 8.00. The van der Waals surface area contributed by atoms with E-state index < -0.39 is 23.4 Å². The Morgan fingerprint density at radius 2 is 1.88 bits per heavy atom. The molecule has 10 heteroatoms. The maximum atomic E-state index is 13.4. The fourth-order valence-corrected chi connectivity index (χ4v) is 4.91. The van der Waals surface area contributed by atoms with Crippen molar-refractivity contribution >= 4 is 41.2 Å². The zero-order chi connectivity index (χ0) is 24.5. The zero-order valence-corrected chi connectivity index (χ0v) is 20.0. The summed E-state index contributed by atoms with van der Waals surface area (Å²) in [6, 6.07) is 6.04. The van der Waals surface area contributed by atoms with Crippen LogP contribution in [0.5, 0.6) is 0 Å². The Morgan fingerprint density at radius 1 is 1.21 bits per heavy atom. The molecule has 0 bridgehead atoms. The van der Waals surface area contributed by atoms with Crippen molar-refractivity contribution in [2.75, 3.05) is 19.0 Å². The number of nitrogens with one attached hydrogen (secondary N) is 1. The summed E-state index contributed by atoms with van der Waals surface area (Å²) in [5, 5.41) is 16.1. The third-order valence-electron chi connectivity index (χ3n) is 4.76. The van der Waals surface area contributed by atoms with E-state index in [4.69, 9.17) is 16.4 Å². The zero-order valence-electron chi connectivity index (χ0n) is 18.4. The van der Waals surface area contributed by atoms with Crippen LogP contribution in [0.15, 0.2) is 40.4 Å². The number of anilines is 1. The number of rotatable bonds is 11. The Labute approximate surface area is 200 Å². The normalized spacial score (nSPS) is 14.2. The van der Waals surface area contributed by atoms with Crippen LogP contribution in [-0.4, -0.2) is 36.2 Å². The maximum Gasteiger partial charge on any atom is 0.255 e. The number of oxime groups is 1. The second-order valence-electron chi connectivity index (χ2n) is 7.77. The van der Waals surface area contributed by atoms with Crippen molar-refractivity contribution in [2.24, 2.45) is 17.0 Å². The Balaban J connectivity index is 2.21. The maximum absolute atomic E-state index is 13.4. The molecule has 33 heavy (non-hydrogen) atoms. The quantitative estimate of drug-likeness (QED) is 0.167. The van der Waals surface area contributed by atoms with Gasteiger partial charge in [-0.1, -0.05) is 30.6 Å². The number of hydrogen-bond acceptors (Lipinski definition) is 5. The van der Waals surface area contributed by atoms with Crippen LogP contribution in [0.4, 0.5) is 18.9 Å². The fourth-order valence-electron chi connectivity index (χ4n) is 3.10. The van der Waals surface area contributed by atoms with Gasteiger partial charge >= 0.3 is 0 Å². The van der Waals surface area contributed by atoms with Gasteiger partial charge in [-0.15, -0.1) is 11.8 Å². The van der Waals surface area contributed by atoms with Crippen LogP contribution < -0.4 is 5.32 Å². The molecule has 0 radical (unpaired) electrons. The van der Waals surface area contributed by atoms with Gasteiger partial charge in [0, 0.05) is 46.4 Å². The molecule has 0 fully saturated rings. The molecule has 0 aliphatic carbocycles. The molecule has 0 spiro atoms. The number of halogens is 4. The predicted octanol–water partition coefficient (Wildman–Crippen LogP) is 6.15. The number of hydrogen-bond donors (Lipinski definition) is 2. The number of carbonyl (C=O) groups is 1. The van der Waals surface area contributed by atoms with E-state index in [1.165, 1.54) is 24.9 Å². The summed E-state index contributed by atoms with van der Waals surface area (Å²) in [5.41, 5.74) is 0.0106. The van der Waals surface area contributed by atoms with E-state index in [1.807, 2.05) is 13.8 Å². The summed E-state index contributed by atoms with van der Waals surface area (Å²) in [7, 11) is 1.47. The first-order valence-corrected chi connectivity index (χ1v) is 11.5. The lowest BCUT2D eigenvalue weighted by Gasteiger charge is -2.22. The van der Waals surface area contributed by atoms with Crippen molar-refractivity contribution in [3.05, 3.63) is 58.4 Å². The van der Waals surface area contributed by atoms with E-state index in [-0.39, 0.29) is 34.9 Å². The number of amides is 1. The van der Waals surface area contributed by atoms with Crippen LogP contribution in [-0.2, 0) is 4.84 Å². The first-order valence-electron chi connectivity index (χ1n) is 10.2. The highest BCUT2D eigenvalue weighted by atomic mass is 35.5. The lowest BCUT2D eigenvalue weighted by Crippen LogP contribution is -2.16. The van der Waals surface area contributed by atoms with Gasteiger partial charge in [0.25, 0.3) is 5.91 Å². The van der Waals surface area contributed by atoms with Gasteiger partial charge in [0.05, 0.1) is 5.02 Å². The second kappa shape index (κ2) is 12.9. The van der Waals surface area contributed by atoms with E-state index in [9.17, 15) is 23.1 Å². The highest BCUT2D eigenvalue weighted by Crippen LogP contribution is 2.36. The molecule has 0 aliphatic rings. The molecule has 1 amide bonds. The minimum absolute atomic E-state index is 0.0402. The van der Waals surface area contributed by atoms with Gasteiger partial charge in [0.15, 0.2) is 17.5 Å². The van der Waals surface area contributed by atoms with Crippen LogP contribution in [0.2, 0.25) is 5.02 Å². The van der Waals surface area contributed by atoms with Crippen LogP contribution in [0, 0.1) is 29.3 Å². The molecule has 3 atom stereocenters. The number of carbonyl (C=O) groups excluding carboxylic acids is 1. The van der Waals surface area contributed by atoms with Crippen LogP contribution in [0.1, 0.15) is 37.0 Å². The first-order chi connectivity index (χ1) is 15.6. The molecule has 2 N–H and O–H groups in total. The molecule has 0 heterocycles. The Hall–Kier alpha value is -2.23. The molecule has 0 aromatic heterocycles. The highest BCUT2D eigenvalue weighted by Gasteiger charge is 2.20. The minimum atomic E-state index is -1.61. The monoisotopic (exact) mass is 502 g/mol. The molecule has 2 aromatic carbocycles. The van der Waals surface area contributed by atoms with Gasteiger partial charge in [-0.05, 0) is 42.9 Å². The fraction of sp³-hybridized carbons (Fsp3) is 0.391. The summed E-state index contributed by atoms with van der Waals surface area (Å²) >= 11 is 7.84. The van der Waals surface area contributed by atoms with Gasteiger partial charge < -0.3 is 15.3 Å². The van der Waals surface area contributed by atoms with E-state index in [0.29, 0.717) is 28.5 Å². The van der Waals surface area contributed by atoms with Crippen molar-refractivity contribution in [3.8, 4) is 0 Å². The number of thioether (sulfide) groups is 1. The van der Waals surface area contributed by atoms with Gasteiger partial charge in [0.1, 0.15) is 7.11 Å². The molecule has 2 rings (SSSR count). The van der Waals surface area contributed by atoms with E-state index in [1.54, 1.807) is 18.3 Å². The average Bonchev–Trinajstić information content (AvgIpc) is 2.77. The van der Waals surface area contributed by atoms with Crippen molar-refractivity contribution < 1.29 is 27.9 Å². The number of benzene rings is 2. The summed E-state index contributed by atoms with van der Waals surface area (Å²) in [5.74, 6) is -4.87. The Morgan fingerprint density at radius 3 is 2.48 bits per heavy atom. The first kappa shape index (κ1) is 27.0. The van der Waals surface area contributed by atoms with E-state index in [2.05, 4.69) is 10.5 Å². The summed E-state index contributed by atoms with van der Waals surface area (Å²) in [4.78, 5) is 18.0. The lowest BCUT2D eigenvalue weighted by molar-refractivity contribution is 0.102. The van der Waals surface area contributed by atoms with Gasteiger partial charge in [-0.2, -0.15) is 0 Å². The topological polar surface area (TPSA) is 70.9 Å². The molecule has 5 nitrogen and oxygen atoms in total. The van der Waals surface area contributed by atoms with Crippen molar-refractivity contribution in [1.29, 1.82) is 0 Å². The van der Waals surface area contributed by atoms with E-state index >= 15 is 0 Å². The van der Waals surface area contributed by atoms with Crippen molar-refractivity contribution in [1.82, 2.24) is 0 Å². The van der Waals surface area contributed by atoms with Crippen LogP contribution in [0.3, 0.4) is 0 Å². The standard InChI is InChI=1S/C23H26ClF3N2O3S/c1-13(11-28-32-3)6-17(7-14(2)12-30)33-21-8-15(4-5-18(21)24)23(31)29-16-9-19(25)22(27)20(26)10-16/h4-5,8-11,13-14,17,30H,6-7,12H2,1-3H3,(H,29,31)/b28-11+. The second-order valence-corrected chi connectivity index (χ2v) is 9.52. The number of aliphatic hydroxyl groups is 1. The van der Waals surface area contributed by atoms with Gasteiger partial charge in [-0.25, -0.2) is 13.2 Å². The minimum Gasteiger partial charge on any atom is -0.399 e. The summed E-state index contributed by atoms with van der Waals surface area (Å²) in [6.07, 6.45) is 3.12. The molecular formula is C23H26ClF3N2O3S. The molecule has 0 saturated carbocycles. The summed E-state index contributed by atoms with van der Waals surface area (Å²) < 4.78 is 40.0. The molecule has 180 valence electrons. The largest absolute Gasteiger partial charge is 0.399 e. The van der Waals surface area contributed by atoms with Gasteiger partial charge in [0.2, 0.25) is 0 Å². The summed E-state index contributed by atoms with van der Waals surface area (Å²) in [6.45, 7) is 3.97. The van der Waals surface area contributed by atoms with Crippen molar-refractivity contribution in [3.63, 3.8) is 0 Å². The Kier molecular flexibility index (Phi) is 10.5. The molecule has 3 unspecified atom stereocenters. The van der Waals surface area contributed by atoms with Crippen molar-refractivity contribution in [2.45, 2.75) is 36.8 Å². The van der Waals surface area contributed by atoms with Crippen LogP contribution >= 0.6 is 23.4 Å². The predicted molar refractivity (Wildman–Crippen MR) is 126 cm³/mol. The third kappa shape index (κ3) is 8.24. The number of aliphatic hydroxyl groups excluding tert-OH is 1. The smallest absolute Gasteiger partial charge is 0.255 e. The number of nitrogens with zero attached hydrogens (tertiary/aromatic N) is 1. The third-order valence-corrected chi connectivity index (χ3v) is 6.51. The average molecular weight is 503 g/mol. The molecule has 2 aromatic rings. The molecular weight excluding hydrogens is 477 g/mol. The van der Waals surface area contributed by atoms with E-state index in [0.717, 1.165) is 6.42 Å². The Bertz CT molecular complexity index is 970. The lowest BCUT2D eigenvalue weighted by atomic mass is 9.99. The van der Waals surface area contributed by atoms with Gasteiger partial charge in [-0.3, -0.25) is 4.79 Å². The van der Waals surface area contributed by atoms with Crippen LogP contribution in [0.25, 0.3) is 0 Å². The molecule has 0 saturated heterocycles. The molecule has 0 aliphatic heterocycles. The SMILES string of the molecule is CO/N=C/C(C)CC(CC(C)CO)Sc1cc(C(=O)Nc2cc(F)c(F)c(F)c2)ccc1Cl.